The van der Waals surface area contributed by atoms with Crippen molar-refractivity contribution in [2.75, 3.05) is 7.11 Å². The van der Waals surface area contributed by atoms with E-state index >= 15 is 0 Å². The summed E-state index contributed by atoms with van der Waals surface area (Å²) in [5.74, 6) is -2.90. The number of amides is 1. The number of carbonyl (C=O) groups excluding carboxylic acids is 3. The summed E-state index contributed by atoms with van der Waals surface area (Å²) in [4.78, 5) is 41.0. The van der Waals surface area contributed by atoms with Crippen LogP contribution < -0.4 is 11.1 Å². The molecule has 0 aromatic carbocycles. The fraction of sp³-hybridized carbons (Fsp3) is 0.690. The number of methoxy groups -OCH3 is 1. The Bertz CT molecular complexity index is 1670. The van der Waals surface area contributed by atoms with Gasteiger partial charge in [-0.2, -0.15) is 0 Å². The van der Waals surface area contributed by atoms with Crippen LogP contribution in [0.25, 0.3) is 0 Å². The van der Waals surface area contributed by atoms with E-state index in [0.717, 1.165) is 17.6 Å². The van der Waals surface area contributed by atoms with Gasteiger partial charge in [0, 0.05) is 41.5 Å². The molecule has 292 valence electrons. The van der Waals surface area contributed by atoms with E-state index < -0.39 is 70.8 Å². The molecule has 2 heterocycles. The quantitative estimate of drug-likeness (QED) is 0.154. The summed E-state index contributed by atoms with van der Waals surface area (Å²) in [5, 5.41) is 26.9. The van der Waals surface area contributed by atoms with Crippen molar-refractivity contribution in [2.45, 2.75) is 130 Å². The Balaban J connectivity index is 1.44. The molecular weight excluding hydrogens is 676 g/mol. The van der Waals surface area contributed by atoms with Crippen molar-refractivity contribution in [3.05, 3.63) is 58.4 Å². The van der Waals surface area contributed by atoms with Gasteiger partial charge in [0.2, 0.25) is 5.78 Å². The number of esters is 1. The van der Waals surface area contributed by atoms with Gasteiger partial charge in [-0.15, -0.1) is 0 Å². The van der Waals surface area contributed by atoms with Crippen LogP contribution in [0.4, 0.5) is 4.79 Å². The maximum Gasteiger partial charge on any atom is 0.407 e. The summed E-state index contributed by atoms with van der Waals surface area (Å²) >= 11 is 0. The first-order valence-electron chi connectivity index (χ1n) is 19.3. The molecule has 11 nitrogen and oxygen atoms in total. The highest BCUT2D eigenvalue weighted by atomic mass is 16.7. The molecule has 11 heteroatoms. The zero-order valence-electron chi connectivity index (χ0n) is 33.0. The fourth-order valence-corrected chi connectivity index (χ4v) is 10.9. The summed E-state index contributed by atoms with van der Waals surface area (Å²) in [6.45, 7) is 17.9. The molecule has 5 N–H and O–H groups in total. The standard InChI is InChI=1S/C42H60N2O9/c1-20-11-14-30(45)22(3)17-27-16-21(2)25(6)18-42(27)37(47)32(38(48)53-42)36(46)41(9)29(20)13-12-28-33(41)23(4)15-24(5)34(28)52-31-19-40(8,43)35(26(7)51-31)44-39(49)50-10/h11-13,16-17,23-31,33-35,45-46H,14-15,18-19,43H2,1-10H3,(H,44,49)/t23-,24-,25+,26-,27-,28-,29-,30-,31-,33+,34-,35-,40-,41+,42-/m0/s1. The molecule has 2 aliphatic heterocycles. The highest BCUT2D eigenvalue weighted by molar-refractivity contribution is 6.26. The van der Waals surface area contributed by atoms with E-state index in [0.29, 0.717) is 18.4 Å². The maximum atomic E-state index is 14.8. The van der Waals surface area contributed by atoms with Crippen LogP contribution in [-0.4, -0.2) is 77.0 Å². The molecular formula is C42H60N2O9. The Labute approximate surface area is 314 Å². The summed E-state index contributed by atoms with van der Waals surface area (Å²) in [7, 11) is 1.30. The molecule has 4 aliphatic carbocycles. The van der Waals surface area contributed by atoms with E-state index in [-0.39, 0.29) is 53.4 Å². The number of nitrogens with one attached hydrogen (secondary N) is 1. The Morgan fingerprint density at radius 3 is 2.34 bits per heavy atom. The summed E-state index contributed by atoms with van der Waals surface area (Å²) in [6, 6.07) is -0.505. The molecule has 3 fully saturated rings. The van der Waals surface area contributed by atoms with Gasteiger partial charge >= 0.3 is 12.1 Å². The Morgan fingerprint density at radius 1 is 1.00 bits per heavy atom. The first-order valence-corrected chi connectivity index (χ1v) is 19.3. The van der Waals surface area contributed by atoms with Gasteiger partial charge in [0.15, 0.2) is 11.9 Å². The van der Waals surface area contributed by atoms with E-state index in [1.165, 1.54) is 7.11 Å². The minimum absolute atomic E-state index is 0.0302. The molecule has 6 aliphatic rings. The lowest BCUT2D eigenvalue weighted by Gasteiger charge is -2.57. The van der Waals surface area contributed by atoms with Gasteiger partial charge < -0.3 is 40.2 Å². The first-order chi connectivity index (χ1) is 24.8. The van der Waals surface area contributed by atoms with E-state index in [4.69, 9.17) is 24.7 Å². The molecule has 1 spiro atoms. The summed E-state index contributed by atoms with van der Waals surface area (Å²) < 4.78 is 24.3. The van der Waals surface area contributed by atoms with Crippen LogP contribution in [0.2, 0.25) is 0 Å². The minimum atomic E-state index is -1.52. The molecule has 0 unspecified atom stereocenters. The zero-order chi connectivity index (χ0) is 38.9. The molecule has 1 saturated carbocycles. The Morgan fingerprint density at radius 2 is 1.68 bits per heavy atom. The number of aliphatic hydroxyl groups excluding tert-OH is 2. The van der Waals surface area contributed by atoms with Crippen LogP contribution in [0.15, 0.2) is 58.4 Å². The van der Waals surface area contributed by atoms with Crippen LogP contribution in [0.1, 0.15) is 88.0 Å². The van der Waals surface area contributed by atoms with Crippen molar-refractivity contribution >= 4 is 17.8 Å². The molecule has 15 atom stereocenters. The lowest BCUT2D eigenvalue weighted by Crippen LogP contribution is -2.67. The van der Waals surface area contributed by atoms with Crippen molar-refractivity contribution in [1.29, 1.82) is 0 Å². The van der Waals surface area contributed by atoms with Gasteiger partial charge in [-0.25, -0.2) is 9.59 Å². The predicted octanol–water partition coefficient (Wildman–Crippen LogP) is 5.99. The van der Waals surface area contributed by atoms with Gasteiger partial charge in [-0.1, -0.05) is 69.2 Å². The third kappa shape index (κ3) is 6.53. The summed E-state index contributed by atoms with van der Waals surface area (Å²) in [6.07, 6.45) is 8.92. The number of hydrogen-bond acceptors (Lipinski definition) is 10. The van der Waals surface area contributed by atoms with Crippen LogP contribution in [-0.2, 0) is 28.5 Å². The van der Waals surface area contributed by atoms with Crippen LogP contribution in [0.5, 0.6) is 0 Å². The molecule has 0 aromatic heterocycles. The molecule has 2 bridgehead atoms. The zero-order valence-corrected chi connectivity index (χ0v) is 33.0. The third-order valence-corrected chi connectivity index (χ3v) is 13.8. The average Bonchev–Trinajstić information content (AvgIpc) is 3.32. The molecule has 53 heavy (non-hydrogen) atoms. The number of hydrogen-bond donors (Lipinski definition) is 4. The summed E-state index contributed by atoms with van der Waals surface area (Å²) in [5.41, 5.74) is 5.71. The number of ether oxygens (including phenoxy) is 4. The van der Waals surface area contributed by atoms with Crippen molar-refractivity contribution in [1.82, 2.24) is 5.32 Å². The number of allylic oxidation sites excluding steroid dienone is 4. The fourth-order valence-electron chi connectivity index (χ4n) is 10.9. The average molecular weight is 737 g/mol. The first kappa shape index (κ1) is 39.4. The second kappa shape index (κ2) is 14.1. The van der Waals surface area contributed by atoms with Gasteiger partial charge in [0.1, 0.15) is 11.3 Å². The van der Waals surface area contributed by atoms with E-state index in [1.807, 2.05) is 66.7 Å². The van der Waals surface area contributed by atoms with Gasteiger partial charge in [-0.3, -0.25) is 4.79 Å². The van der Waals surface area contributed by atoms with Crippen molar-refractivity contribution in [2.24, 2.45) is 52.6 Å². The van der Waals surface area contributed by atoms with Crippen molar-refractivity contribution in [3.63, 3.8) is 0 Å². The van der Waals surface area contributed by atoms with E-state index in [9.17, 15) is 24.6 Å². The smallest absolute Gasteiger partial charge is 0.407 e. The Hall–Kier alpha value is -3.25. The molecule has 0 aromatic rings. The van der Waals surface area contributed by atoms with E-state index in [1.54, 1.807) is 0 Å². The SMILES string of the molecule is COC(=O)N[C@H]1[C@H](C)O[C@@H](O[C@@H]2[C@H]3C=C[C@H]4C(C)=CC[C@H](O)C(C)=C[C@@H]5C=C(C)[C@H](C)C[C@]56OC(=O)C(=C(O)[C@@]4(C)[C@@H]3[C@@H](C)C[C@@H]2C)C6=O)C[C@]1(C)N. The van der Waals surface area contributed by atoms with Crippen molar-refractivity contribution < 1.29 is 43.5 Å². The normalized spacial score (nSPS) is 45.8. The minimum Gasteiger partial charge on any atom is -0.511 e. The maximum absolute atomic E-state index is 14.8. The molecule has 6 rings (SSSR count). The van der Waals surface area contributed by atoms with Gasteiger partial charge in [-0.05, 0) is 76.7 Å². The number of alkyl carbamates (subject to hydrolysis) is 1. The molecule has 1 amide bonds. The predicted molar refractivity (Wildman–Crippen MR) is 199 cm³/mol. The number of aliphatic hydroxyl groups is 2. The number of ketones is 1. The second-order valence-electron chi connectivity index (χ2n) is 17.6. The monoisotopic (exact) mass is 736 g/mol. The van der Waals surface area contributed by atoms with Crippen LogP contribution in [0, 0.1) is 46.8 Å². The van der Waals surface area contributed by atoms with Crippen molar-refractivity contribution in [3.8, 4) is 0 Å². The number of Topliss-reactive ketones (excluding diaryl/α,β-unsaturated/α-hetero) is 1. The molecule has 2 saturated heterocycles. The van der Waals surface area contributed by atoms with Gasteiger partial charge in [0.05, 0.1) is 31.5 Å². The van der Waals surface area contributed by atoms with E-state index in [2.05, 4.69) is 31.3 Å². The molecule has 0 radical (unpaired) electrons. The number of rotatable bonds is 3. The third-order valence-electron chi connectivity index (χ3n) is 13.8. The number of fused-ring (bicyclic) bond motifs is 4. The van der Waals surface area contributed by atoms with Crippen LogP contribution in [0.3, 0.4) is 0 Å². The number of nitrogens with two attached hydrogens (primary N) is 1. The lowest BCUT2D eigenvalue weighted by molar-refractivity contribution is -0.256. The topological polar surface area (TPSA) is 167 Å². The highest BCUT2D eigenvalue weighted by Crippen LogP contribution is 2.61. The second-order valence-corrected chi connectivity index (χ2v) is 17.6. The lowest BCUT2D eigenvalue weighted by atomic mass is 9.49. The van der Waals surface area contributed by atoms with Gasteiger partial charge in [0.25, 0.3) is 0 Å². The Kier molecular flexibility index (Phi) is 10.5. The number of carbonyl (C=O) groups is 3. The van der Waals surface area contributed by atoms with Crippen LogP contribution >= 0.6 is 0 Å². The largest absolute Gasteiger partial charge is 0.511 e. The highest BCUT2D eigenvalue weighted by Gasteiger charge is 2.63.